The highest BCUT2D eigenvalue weighted by Gasteiger charge is 2.15. The lowest BCUT2D eigenvalue weighted by molar-refractivity contribution is 0.302. The number of aromatic amines is 1. The van der Waals surface area contributed by atoms with E-state index in [2.05, 4.69) is 34.3 Å². The Labute approximate surface area is 117 Å². The van der Waals surface area contributed by atoms with Crippen LogP contribution in [0.3, 0.4) is 0 Å². The van der Waals surface area contributed by atoms with Crippen molar-refractivity contribution >= 4 is 0 Å². The number of H-pyrrole nitrogens is 1. The van der Waals surface area contributed by atoms with Crippen LogP contribution in [0.5, 0.6) is 0 Å². The number of hydrogen-bond acceptors (Lipinski definition) is 3. The molecule has 0 saturated carbocycles. The molecule has 1 aliphatic rings. The normalized spacial score (nSPS) is 15.5. The minimum Gasteiger partial charge on any atom is -0.310 e. The number of likely N-dealkylation sites (N-methyl/N-ethyl adjacent to an activating group) is 1. The first-order valence-corrected chi connectivity index (χ1v) is 7.83. The lowest BCUT2D eigenvalue weighted by Crippen LogP contribution is -2.31. The maximum atomic E-state index is 4.50. The first-order chi connectivity index (χ1) is 9.35. The predicted molar refractivity (Wildman–Crippen MR) is 79.3 cm³/mol. The molecule has 108 valence electrons. The van der Waals surface area contributed by atoms with Gasteiger partial charge in [0.05, 0.1) is 5.69 Å². The number of aryl methyl sites for hydroxylation is 1. The van der Waals surface area contributed by atoms with E-state index in [1.807, 2.05) is 0 Å². The monoisotopic (exact) mass is 264 g/mol. The van der Waals surface area contributed by atoms with Gasteiger partial charge in [-0.1, -0.05) is 20.3 Å². The molecule has 0 saturated heterocycles. The molecule has 1 aliphatic carbocycles. The average Bonchev–Trinajstić information content (AvgIpc) is 2.67. The number of hydrogen-bond donors (Lipinski definition) is 2. The zero-order valence-corrected chi connectivity index (χ0v) is 12.5. The number of aromatic nitrogens is 2. The van der Waals surface area contributed by atoms with Gasteiger partial charge in [-0.05, 0) is 44.3 Å². The third-order valence-corrected chi connectivity index (χ3v) is 4.18. The van der Waals surface area contributed by atoms with Crippen LogP contribution in [0.15, 0.2) is 0 Å². The third kappa shape index (κ3) is 4.05. The van der Waals surface area contributed by atoms with Crippen molar-refractivity contribution in [1.29, 1.82) is 0 Å². The lowest BCUT2D eigenvalue weighted by Gasteiger charge is -2.17. The molecule has 0 fully saturated rings. The van der Waals surface area contributed by atoms with Gasteiger partial charge in [0.2, 0.25) is 0 Å². The van der Waals surface area contributed by atoms with Gasteiger partial charge >= 0.3 is 0 Å². The van der Waals surface area contributed by atoms with Crippen molar-refractivity contribution in [3.63, 3.8) is 0 Å². The number of fused-ring (bicyclic) bond motifs is 1. The second-order valence-electron chi connectivity index (χ2n) is 5.39. The summed E-state index contributed by atoms with van der Waals surface area (Å²) >= 11 is 0. The van der Waals surface area contributed by atoms with E-state index in [0.717, 1.165) is 32.7 Å². The van der Waals surface area contributed by atoms with Crippen molar-refractivity contribution in [2.24, 2.45) is 0 Å². The average molecular weight is 264 g/mol. The first-order valence-electron chi connectivity index (χ1n) is 7.83. The molecule has 0 radical (unpaired) electrons. The Hall–Kier alpha value is -0.870. The van der Waals surface area contributed by atoms with Gasteiger partial charge in [0, 0.05) is 25.3 Å². The molecule has 0 aromatic carbocycles. The molecule has 2 rings (SSSR count). The molecule has 2 N–H and O–H groups in total. The van der Waals surface area contributed by atoms with E-state index in [1.165, 1.54) is 49.1 Å². The standard InChI is InChI=1S/C15H28N4/c1-3-19(4-2)11-10-16-12-15-13-8-6-5-7-9-14(13)17-18-15/h16H,3-12H2,1-2H3,(H,17,18). The Morgan fingerprint density at radius 1 is 1.16 bits per heavy atom. The van der Waals surface area contributed by atoms with Crippen molar-refractivity contribution in [2.75, 3.05) is 26.2 Å². The van der Waals surface area contributed by atoms with Crippen LogP contribution in [0.25, 0.3) is 0 Å². The molecule has 1 aromatic rings. The smallest absolute Gasteiger partial charge is 0.0794 e. The number of nitrogens with one attached hydrogen (secondary N) is 2. The summed E-state index contributed by atoms with van der Waals surface area (Å²) in [6.07, 6.45) is 6.38. The maximum absolute atomic E-state index is 4.50. The zero-order chi connectivity index (χ0) is 13.5. The van der Waals surface area contributed by atoms with Crippen molar-refractivity contribution in [3.05, 3.63) is 17.0 Å². The minimum absolute atomic E-state index is 0.910. The highest BCUT2D eigenvalue weighted by atomic mass is 15.1. The maximum Gasteiger partial charge on any atom is 0.0794 e. The molecular weight excluding hydrogens is 236 g/mol. The van der Waals surface area contributed by atoms with E-state index in [-0.39, 0.29) is 0 Å². The fourth-order valence-corrected chi connectivity index (χ4v) is 2.86. The second-order valence-corrected chi connectivity index (χ2v) is 5.39. The summed E-state index contributed by atoms with van der Waals surface area (Å²) in [5, 5.41) is 11.3. The Kier molecular flexibility index (Phi) is 5.86. The summed E-state index contributed by atoms with van der Waals surface area (Å²) in [5.41, 5.74) is 4.13. The van der Waals surface area contributed by atoms with Gasteiger partial charge in [-0.2, -0.15) is 5.10 Å². The molecule has 1 aromatic heterocycles. The predicted octanol–water partition coefficient (Wildman–Crippen LogP) is 2.11. The molecular formula is C15H28N4. The topological polar surface area (TPSA) is 44.0 Å². The van der Waals surface area contributed by atoms with Crippen molar-refractivity contribution in [2.45, 2.75) is 52.5 Å². The van der Waals surface area contributed by atoms with Gasteiger partial charge in [-0.15, -0.1) is 0 Å². The van der Waals surface area contributed by atoms with Crippen molar-refractivity contribution in [1.82, 2.24) is 20.4 Å². The Bertz CT molecular complexity index is 368. The van der Waals surface area contributed by atoms with Crippen LogP contribution in [-0.4, -0.2) is 41.3 Å². The summed E-state index contributed by atoms with van der Waals surface area (Å²) < 4.78 is 0. The SMILES string of the molecule is CCN(CC)CCNCc1n[nH]c2c1CCCCC2. The first kappa shape index (κ1) is 14.5. The summed E-state index contributed by atoms with van der Waals surface area (Å²) in [5.74, 6) is 0. The summed E-state index contributed by atoms with van der Waals surface area (Å²) in [7, 11) is 0. The van der Waals surface area contributed by atoms with Gasteiger partial charge < -0.3 is 10.2 Å². The van der Waals surface area contributed by atoms with E-state index < -0.39 is 0 Å². The Morgan fingerprint density at radius 3 is 2.74 bits per heavy atom. The van der Waals surface area contributed by atoms with Crippen LogP contribution in [0.4, 0.5) is 0 Å². The van der Waals surface area contributed by atoms with Crippen molar-refractivity contribution < 1.29 is 0 Å². The molecule has 4 heteroatoms. The van der Waals surface area contributed by atoms with Gasteiger partial charge in [-0.3, -0.25) is 5.10 Å². The van der Waals surface area contributed by atoms with Gasteiger partial charge in [-0.25, -0.2) is 0 Å². The fourth-order valence-electron chi connectivity index (χ4n) is 2.86. The van der Waals surface area contributed by atoms with E-state index in [0.29, 0.717) is 0 Å². The summed E-state index contributed by atoms with van der Waals surface area (Å²) in [6, 6.07) is 0. The van der Waals surface area contributed by atoms with Crippen LogP contribution >= 0.6 is 0 Å². The lowest BCUT2D eigenvalue weighted by atomic mass is 10.1. The van der Waals surface area contributed by atoms with Gasteiger partial charge in [0.1, 0.15) is 0 Å². The van der Waals surface area contributed by atoms with Crippen LogP contribution in [0.1, 0.15) is 50.1 Å². The van der Waals surface area contributed by atoms with Gasteiger partial charge in [0.15, 0.2) is 0 Å². The molecule has 4 nitrogen and oxygen atoms in total. The summed E-state index contributed by atoms with van der Waals surface area (Å²) in [4.78, 5) is 2.44. The number of nitrogens with zero attached hydrogens (tertiary/aromatic N) is 2. The van der Waals surface area contributed by atoms with E-state index in [1.54, 1.807) is 0 Å². The second kappa shape index (κ2) is 7.65. The molecule has 0 amide bonds. The number of rotatable bonds is 7. The van der Waals surface area contributed by atoms with Crippen LogP contribution in [-0.2, 0) is 19.4 Å². The Balaban J connectivity index is 1.78. The van der Waals surface area contributed by atoms with E-state index >= 15 is 0 Å². The highest BCUT2D eigenvalue weighted by molar-refractivity contribution is 5.26. The quantitative estimate of drug-likeness (QED) is 0.585. The van der Waals surface area contributed by atoms with Crippen molar-refractivity contribution in [3.8, 4) is 0 Å². The highest BCUT2D eigenvalue weighted by Crippen LogP contribution is 2.21. The largest absolute Gasteiger partial charge is 0.310 e. The van der Waals surface area contributed by atoms with Crippen LogP contribution < -0.4 is 5.32 Å². The van der Waals surface area contributed by atoms with E-state index in [9.17, 15) is 0 Å². The molecule has 0 unspecified atom stereocenters. The minimum atomic E-state index is 0.910. The molecule has 0 spiro atoms. The molecule has 0 atom stereocenters. The third-order valence-electron chi connectivity index (χ3n) is 4.18. The molecule has 1 heterocycles. The summed E-state index contributed by atoms with van der Waals surface area (Å²) in [6.45, 7) is 9.79. The molecule has 0 aliphatic heterocycles. The van der Waals surface area contributed by atoms with Crippen LogP contribution in [0.2, 0.25) is 0 Å². The molecule has 19 heavy (non-hydrogen) atoms. The Morgan fingerprint density at radius 2 is 1.95 bits per heavy atom. The van der Waals surface area contributed by atoms with Crippen LogP contribution in [0, 0.1) is 0 Å². The molecule has 0 bridgehead atoms. The van der Waals surface area contributed by atoms with E-state index in [4.69, 9.17) is 0 Å². The van der Waals surface area contributed by atoms with Gasteiger partial charge in [0.25, 0.3) is 0 Å². The fraction of sp³-hybridized carbons (Fsp3) is 0.800. The zero-order valence-electron chi connectivity index (χ0n) is 12.5.